The van der Waals surface area contributed by atoms with Crippen LogP contribution in [0.15, 0.2) is 24.8 Å². The van der Waals surface area contributed by atoms with Gasteiger partial charge in [-0.25, -0.2) is 4.98 Å². The van der Waals surface area contributed by atoms with Gasteiger partial charge in [-0.2, -0.15) is 5.10 Å². The highest BCUT2D eigenvalue weighted by Crippen LogP contribution is 2.13. The van der Waals surface area contributed by atoms with Gasteiger partial charge in [-0.05, 0) is 18.4 Å². The minimum Gasteiger partial charge on any atom is -0.352 e. The summed E-state index contributed by atoms with van der Waals surface area (Å²) in [5, 5.41) is 7.22. The van der Waals surface area contributed by atoms with Gasteiger partial charge in [0.2, 0.25) is 5.91 Å². The number of nitrogens with zero attached hydrogens (tertiary/aromatic N) is 4. The highest BCUT2D eigenvalue weighted by atomic mass is 16.1. The molecule has 1 aliphatic heterocycles. The zero-order chi connectivity index (χ0) is 13.9. The van der Waals surface area contributed by atoms with Crippen LogP contribution in [0.4, 0.5) is 0 Å². The number of carbonyl (C=O) groups excluding carboxylic acids is 1. The van der Waals surface area contributed by atoms with Crippen LogP contribution in [0, 0.1) is 0 Å². The molecule has 1 aliphatic rings. The van der Waals surface area contributed by atoms with Crippen molar-refractivity contribution in [3.63, 3.8) is 0 Å². The summed E-state index contributed by atoms with van der Waals surface area (Å²) in [4.78, 5) is 16.3. The molecule has 0 fully saturated rings. The van der Waals surface area contributed by atoms with Crippen molar-refractivity contribution in [1.82, 2.24) is 24.6 Å². The average Bonchev–Trinajstić information content (AvgIpc) is 3.04. The number of nitrogens with one attached hydrogen (secondary N) is 1. The average molecular weight is 273 g/mol. The zero-order valence-corrected chi connectivity index (χ0v) is 11.6. The van der Waals surface area contributed by atoms with Gasteiger partial charge in [0.25, 0.3) is 0 Å². The van der Waals surface area contributed by atoms with E-state index in [9.17, 15) is 4.79 Å². The van der Waals surface area contributed by atoms with Crippen LogP contribution in [0.3, 0.4) is 0 Å². The van der Waals surface area contributed by atoms with Crippen molar-refractivity contribution < 1.29 is 4.79 Å². The van der Waals surface area contributed by atoms with E-state index in [4.69, 9.17) is 0 Å². The van der Waals surface area contributed by atoms with Crippen molar-refractivity contribution >= 4 is 5.91 Å². The molecule has 2 aromatic heterocycles. The zero-order valence-electron chi connectivity index (χ0n) is 11.6. The molecule has 0 bridgehead atoms. The van der Waals surface area contributed by atoms with Gasteiger partial charge in [0.05, 0.1) is 6.20 Å². The Morgan fingerprint density at radius 3 is 3.25 bits per heavy atom. The molecule has 106 valence electrons. The molecule has 1 N–H and O–H groups in total. The van der Waals surface area contributed by atoms with Crippen LogP contribution in [0.25, 0.3) is 0 Å². The maximum Gasteiger partial charge on any atom is 0.220 e. The van der Waals surface area contributed by atoms with Crippen molar-refractivity contribution in [2.75, 3.05) is 0 Å². The third kappa shape index (κ3) is 2.89. The molecular formula is C14H19N5O. The van der Waals surface area contributed by atoms with Crippen molar-refractivity contribution in [3.8, 4) is 0 Å². The fourth-order valence-electron chi connectivity index (χ4n) is 2.64. The number of rotatable bonds is 4. The van der Waals surface area contributed by atoms with E-state index in [-0.39, 0.29) is 11.9 Å². The van der Waals surface area contributed by atoms with Crippen LogP contribution in [-0.4, -0.2) is 31.3 Å². The first-order valence-electron chi connectivity index (χ1n) is 6.97. The molecule has 0 spiro atoms. The lowest BCUT2D eigenvalue weighted by Crippen LogP contribution is -2.40. The van der Waals surface area contributed by atoms with Gasteiger partial charge in [-0.3, -0.25) is 9.48 Å². The number of fused-ring (bicyclic) bond motifs is 1. The summed E-state index contributed by atoms with van der Waals surface area (Å²) < 4.78 is 3.88. The number of carbonyl (C=O) groups is 1. The van der Waals surface area contributed by atoms with Gasteiger partial charge in [-0.1, -0.05) is 0 Å². The van der Waals surface area contributed by atoms with Gasteiger partial charge >= 0.3 is 0 Å². The van der Waals surface area contributed by atoms with Crippen LogP contribution >= 0.6 is 0 Å². The van der Waals surface area contributed by atoms with E-state index in [0.717, 1.165) is 37.2 Å². The van der Waals surface area contributed by atoms with Crippen molar-refractivity contribution in [1.29, 1.82) is 0 Å². The number of imidazole rings is 1. The number of hydrogen-bond acceptors (Lipinski definition) is 3. The second-order valence-corrected chi connectivity index (χ2v) is 5.32. The second-order valence-electron chi connectivity index (χ2n) is 5.32. The molecule has 0 aliphatic carbocycles. The van der Waals surface area contributed by atoms with E-state index in [1.54, 1.807) is 4.68 Å². The Kier molecular flexibility index (Phi) is 3.54. The third-order valence-corrected chi connectivity index (χ3v) is 3.70. The second kappa shape index (κ2) is 5.48. The number of hydrogen-bond donors (Lipinski definition) is 1. The molecule has 2 aromatic rings. The highest BCUT2D eigenvalue weighted by Gasteiger charge is 2.20. The lowest BCUT2D eigenvalue weighted by molar-refractivity contribution is -0.122. The molecule has 3 heterocycles. The smallest absolute Gasteiger partial charge is 0.220 e. The summed E-state index contributed by atoms with van der Waals surface area (Å²) in [5.41, 5.74) is 1.10. The summed E-state index contributed by atoms with van der Waals surface area (Å²) >= 11 is 0. The quantitative estimate of drug-likeness (QED) is 0.891. The third-order valence-electron chi connectivity index (χ3n) is 3.70. The van der Waals surface area contributed by atoms with Gasteiger partial charge in [0, 0.05) is 51.1 Å². The van der Waals surface area contributed by atoms with E-state index < -0.39 is 0 Å². The minimum atomic E-state index is 0.113. The monoisotopic (exact) mass is 273 g/mol. The molecule has 0 saturated carbocycles. The Labute approximate surface area is 117 Å². The lowest BCUT2D eigenvalue weighted by atomic mass is 10.1. The molecule has 1 amide bonds. The normalized spacial score (nSPS) is 17.8. The summed E-state index contributed by atoms with van der Waals surface area (Å²) in [5.74, 6) is 1.23. The standard InChI is InChI=1S/C14H19N5O/c1-18-9-11(8-16-18)2-5-14(20)17-12-3-4-13-15-6-7-19(13)10-12/h6-9,12H,2-5,10H2,1H3,(H,17,20)/t12-/m1/s1. The number of aromatic nitrogens is 4. The molecule has 20 heavy (non-hydrogen) atoms. The molecule has 0 aromatic carbocycles. The van der Waals surface area contributed by atoms with E-state index in [1.165, 1.54) is 0 Å². The summed E-state index contributed by atoms with van der Waals surface area (Å²) in [6.07, 6.45) is 10.7. The van der Waals surface area contributed by atoms with Crippen molar-refractivity contribution in [2.45, 2.75) is 38.3 Å². The van der Waals surface area contributed by atoms with Crippen LogP contribution in [0.5, 0.6) is 0 Å². The Balaban J connectivity index is 1.47. The van der Waals surface area contributed by atoms with E-state index in [2.05, 4.69) is 20.0 Å². The Morgan fingerprint density at radius 1 is 1.55 bits per heavy atom. The topological polar surface area (TPSA) is 64.7 Å². The van der Waals surface area contributed by atoms with Crippen molar-refractivity contribution in [2.24, 2.45) is 7.05 Å². The first kappa shape index (κ1) is 12.9. The Bertz CT molecular complexity index is 600. The first-order valence-corrected chi connectivity index (χ1v) is 6.97. The summed E-state index contributed by atoms with van der Waals surface area (Å²) in [6.45, 7) is 0.827. The fourth-order valence-corrected chi connectivity index (χ4v) is 2.64. The fraction of sp³-hybridized carbons (Fsp3) is 0.500. The molecule has 6 nitrogen and oxygen atoms in total. The molecule has 0 radical (unpaired) electrons. The van der Waals surface area contributed by atoms with Gasteiger partial charge in [-0.15, -0.1) is 0 Å². The van der Waals surface area contributed by atoms with E-state index >= 15 is 0 Å². The number of amides is 1. The van der Waals surface area contributed by atoms with Crippen LogP contribution in [0.2, 0.25) is 0 Å². The van der Waals surface area contributed by atoms with Crippen molar-refractivity contribution in [3.05, 3.63) is 36.2 Å². The van der Waals surface area contributed by atoms with Crippen LogP contribution in [0.1, 0.15) is 24.2 Å². The maximum atomic E-state index is 12.0. The predicted octanol–water partition coefficient (Wildman–Crippen LogP) is 0.680. The van der Waals surface area contributed by atoms with Gasteiger partial charge in [0.15, 0.2) is 0 Å². The molecule has 0 unspecified atom stereocenters. The first-order chi connectivity index (χ1) is 9.70. The summed E-state index contributed by atoms with van der Waals surface area (Å²) in [6, 6.07) is 0.220. The SMILES string of the molecule is Cn1cc(CCC(=O)N[C@@H]2CCc3nccn3C2)cn1. The summed E-state index contributed by atoms with van der Waals surface area (Å²) in [7, 11) is 1.88. The molecule has 6 heteroatoms. The van der Waals surface area contributed by atoms with E-state index in [0.29, 0.717) is 6.42 Å². The molecule has 3 rings (SSSR count). The number of aryl methyl sites for hydroxylation is 3. The Morgan fingerprint density at radius 2 is 2.45 bits per heavy atom. The van der Waals surface area contributed by atoms with Crippen LogP contribution in [-0.2, 0) is 31.2 Å². The maximum absolute atomic E-state index is 12.0. The van der Waals surface area contributed by atoms with Crippen LogP contribution < -0.4 is 5.32 Å². The highest BCUT2D eigenvalue weighted by molar-refractivity contribution is 5.76. The molecule has 1 atom stereocenters. The predicted molar refractivity (Wildman–Crippen MR) is 74.0 cm³/mol. The molecular weight excluding hydrogens is 254 g/mol. The van der Waals surface area contributed by atoms with Gasteiger partial charge in [0.1, 0.15) is 5.82 Å². The van der Waals surface area contributed by atoms with E-state index in [1.807, 2.05) is 31.8 Å². The largest absolute Gasteiger partial charge is 0.352 e. The Hall–Kier alpha value is -2.11. The molecule has 0 saturated heterocycles. The van der Waals surface area contributed by atoms with Gasteiger partial charge < -0.3 is 9.88 Å². The minimum absolute atomic E-state index is 0.113. The lowest BCUT2D eigenvalue weighted by Gasteiger charge is -2.24.